The van der Waals surface area contributed by atoms with Gasteiger partial charge >= 0.3 is 0 Å². The van der Waals surface area contributed by atoms with Crippen LogP contribution in [0, 0.1) is 11.8 Å². The second kappa shape index (κ2) is 7.48. The molecule has 1 saturated carbocycles. The molecule has 1 atom stereocenters. The lowest BCUT2D eigenvalue weighted by molar-refractivity contribution is -0.135. The van der Waals surface area contributed by atoms with E-state index in [4.69, 9.17) is 4.74 Å². The van der Waals surface area contributed by atoms with Gasteiger partial charge in [-0.1, -0.05) is 38.0 Å². The van der Waals surface area contributed by atoms with Gasteiger partial charge in [0.1, 0.15) is 5.75 Å². The topological polar surface area (TPSA) is 29.5 Å². The van der Waals surface area contributed by atoms with E-state index in [2.05, 4.69) is 13.0 Å². The third-order valence-corrected chi connectivity index (χ3v) is 4.78. The van der Waals surface area contributed by atoms with Crippen LogP contribution >= 0.6 is 0 Å². The molecular weight excluding hydrogens is 262 g/mol. The Balaban J connectivity index is 1.88. The summed E-state index contributed by atoms with van der Waals surface area (Å²) >= 11 is 0. The van der Waals surface area contributed by atoms with Gasteiger partial charge in [0.25, 0.3) is 0 Å². The molecule has 0 saturated heterocycles. The maximum Gasteiger partial charge on any atom is 0.225 e. The van der Waals surface area contributed by atoms with Crippen LogP contribution in [-0.4, -0.2) is 31.5 Å². The van der Waals surface area contributed by atoms with E-state index in [-0.39, 0.29) is 11.8 Å². The molecule has 0 radical (unpaired) electrons. The summed E-state index contributed by atoms with van der Waals surface area (Å²) in [7, 11) is 3.61. The molecule has 0 aromatic heterocycles. The number of benzene rings is 1. The number of nitrogens with zero attached hydrogens (tertiary/aromatic N) is 1. The van der Waals surface area contributed by atoms with Gasteiger partial charge in [-0.2, -0.15) is 0 Å². The van der Waals surface area contributed by atoms with Crippen LogP contribution in [0.4, 0.5) is 0 Å². The Morgan fingerprint density at radius 2 is 2.00 bits per heavy atom. The molecule has 0 spiro atoms. The zero-order chi connectivity index (χ0) is 15.2. The fourth-order valence-corrected chi connectivity index (χ4v) is 3.31. The first kappa shape index (κ1) is 15.9. The summed E-state index contributed by atoms with van der Waals surface area (Å²) in [5, 5.41) is 0. The zero-order valence-corrected chi connectivity index (χ0v) is 13.5. The number of hydrogen-bond donors (Lipinski definition) is 0. The van der Waals surface area contributed by atoms with Gasteiger partial charge in [0.2, 0.25) is 5.91 Å². The van der Waals surface area contributed by atoms with Crippen LogP contribution < -0.4 is 4.74 Å². The summed E-state index contributed by atoms with van der Waals surface area (Å²) < 4.78 is 5.36. The fraction of sp³-hybridized carbons (Fsp3) is 0.611. The molecule has 116 valence electrons. The van der Waals surface area contributed by atoms with Crippen LogP contribution in [0.25, 0.3) is 0 Å². The highest BCUT2D eigenvalue weighted by Crippen LogP contribution is 2.32. The predicted octanol–water partition coefficient (Wildman–Crippen LogP) is 3.52. The van der Waals surface area contributed by atoms with E-state index in [0.29, 0.717) is 5.92 Å². The van der Waals surface area contributed by atoms with Crippen LogP contribution in [0.5, 0.6) is 5.75 Å². The summed E-state index contributed by atoms with van der Waals surface area (Å²) in [5.74, 6) is 1.94. The van der Waals surface area contributed by atoms with Gasteiger partial charge < -0.3 is 9.64 Å². The van der Waals surface area contributed by atoms with Gasteiger partial charge in [-0.15, -0.1) is 0 Å². The number of rotatable bonds is 6. The maximum atomic E-state index is 12.5. The van der Waals surface area contributed by atoms with Crippen molar-refractivity contribution in [3.05, 3.63) is 29.8 Å². The lowest BCUT2D eigenvalue weighted by Crippen LogP contribution is -2.35. The van der Waals surface area contributed by atoms with E-state index in [1.54, 1.807) is 7.11 Å². The monoisotopic (exact) mass is 289 g/mol. The summed E-state index contributed by atoms with van der Waals surface area (Å²) in [6, 6.07) is 8.02. The number of hydrogen-bond acceptors (Lipinski definition) is 2. The molecule has 1 fully saturated rings. The van der Waals surface area contributed by atoms with E-state index < -0.39 is 0 Å². The molecule has 0 N–H and O–H groups in total. The third-order valence-electron chi connectivity index (χ3n) is 4.78. The smallest absolute Gasteiger partial charge is 0.225 e. The third kappa shape index (κ3) is 3.99. The Bertz CT molecular complexity index is 466. The zero-order valence-electron chi connectivity index (χ0n) is 13.5. The van der Waals surface area contributed by atoms with Crippen molar-refractivity contribution in [2.45, 2.75) is 39.0 Å². The first-order valence-electron chi connectivity index (χ1n) is 8.00. The summed E-state index contributed by atoms with van der Waals surface area (Å²) in [6.45, 7) is 2.84. The molecular formula is C18H27NO2. The normalized spacial score (nSPS) is 16.7. The average Bonchev–Trinajstić information content (AvgIpc) is 3.05. The molecule has 1 aromatic rings. The minimum absolute atomic E-state index is 0.162. The quantitative estimate of drug-likeness (QED) is 0.802. The summed E-state index contributed by atoms with van der Waals surface area (Å²) in [4.78, 5) is 14.4. The Morgan fingerprint density at radius 1 is 1.33 bits per heavy atom. The van der Waals surface area contributed by atoms with Crippen molar-refractivity contribution < 1.29 is 9.53 Å². The molecule has 3 heteroatoms. The molecule has 0 aliphatic heterocycles. The van der Waals surface area contributed by atoms with Gasteiger partial charge in [-0.05, 0) is 36.8 Å². The molecule has 1 unspecified atom stereocenters. The van der Waals surface area contributed by atoms with Crippen molar-refractivity contribution in [2.75, 3.05) is 20.7 Å². The summed E-state index contributed by atoms with van der Waals surface area (Å²) in [6.07, 6.45) is 5.84. The van der Waals surface area contributed by atoms with Crippen LogP contribution in [0.2, 0.25) is 0 Å². The molecule has 0 heterocycles. The number of ether oxygens (including phenoxy) is 1. The van der Waals surface area contributed by atoms with Crippen molar-refractivity contribution >= 4 is 5.91 Å². The molecule has 3 nitrogen and oxygen atoms in total. The Kier molecular flexibility index (Phi) is 5.66. The number of para-hydroxylation sites is 1. The SMILES string of the molecule is COc1ccccc1CCN(C)C(=O)C(C)C1CCCC1. The molecule has 1 aromatic carbocycles. The minimum Gasteiger partial charge on any atom is -0.496 e. The minimum atomic E-state index is 0.162. The highest BCUT2D eigenvalue weighted by Gasteiger charge is 2.28. The van der Waals surface area contributed by atoms with Crippen LogP contribution in [0.15, 0.2) is 24.3 Å². The Labute approximate surface area is 128 Å². The van der Waals surface area contributed by atoms with E-state index in [1.807, 2.05) is 30.1 Å². The van der Waals surface area contributed by atoms with Gasteiger partial charge in [0.15, 0.2) is 0 Å². The molecule has 21 heavy (non-hydrogen) atoms. The number of carbonyl (C=O) groups excluding carboxylic acids is 1. The highest BCUT2D eigenvalue weighted by atomic mass is 16.5. The van der Waals surface area contributed by atoms with Gasteiger partial charge in [0.05, 0.1) is 7.11 Å². The van der Waals surface area contributed by atoms with Crippen LogP contribution in [0.1, 0.15) is 38.2 Å². The Hall–Kier alpha value is -1.51. The second-order valence-electron chi connectivity index (χ2n) is 6.15. The number of likely N-dealkylation sites (N-methyl/N-ethyl adjacent to an activating group) is 1. The molecule has 1 aliphatic carbocycles. The predicted molar refractivity (Wildman–Crippen MR) is 85.5 cm³/mol. The van der Waals surface area contributed by atoms with Crippen molar-refractivity contribution in [3.8, 4) is 5.75 Å². The maximum absolute atomic E-state index is 12.5. The van der Waals surface area contributed by atoms with Crippen molar-refractivity contribution in [1.29, 1.82) is 0 Å². The highest BCUT2D eigenvalue weighted by molar-refractivity contribution is 5.78. The lowest BCUT2D eigenvalue weighted by Gasteiger charge is -2.25. The number of methoxy groups -OCH3 is 1. The van der Waals surface area contributed by atoms with E-state index in [9.17, 15) is 4.79 Å². The first-order valence-corrected chi connectivity index (χ1v) is 8.00. The number of carbonyl (C=O) groups is 1. The van der Waals surface area contributed by atoms with Crippen LogP contribution in [0.3, 0.4) is 0 Å². The van der Waals surface area contributed by atoms with Crippen molar-refractivity contribution in [3.63, 3.8) is 0 Å². The fourth-order valence-electron chi connectivity index (χ4n) is 3.31. The second-order valence-corrected chi connectivity index (χ2v) is 6.15. The molecule has 1 amide bonds. The Morgan fingerprint density at radius 3 is 2.67 bits per heavy atom. The lowest BCUT2D eigenvalue weighted by atomic mass is 9.91. The number of amides is 1. The van der Waals surface area contributed by atoms with Crippen molar-refractivity contribution in [2.24, 2.45) is 11.8 Å². The molecule has 1 aliphatic rings. The van der Waals surface area contributed by atoms with Gasteiger partial charge in [0, 0.05) is 19.5 Å². The van der Waals surface area contributed by atoms with E-state index in [0.717, 1.165) is 24.3 Å². The van der Waals surface area contributed by atoms with Gasteiger partial charge in [-0.3, -0.25) is 4.79 Å². The van der Waals surface area contributed by atoms with Crippen molar-refractivity contribution in [1.82, 2.24) is 4.90 Å². The van der Waals surface area contributed by atoms with E-state index in [1.165, 1.54) is 25.7 Å². The van der Waals surface area contributed by atoms with Gasteiger partial charge in [-0.25, -0.2) is 0 Å². The first-order chi connectivity index (χ1) is 10.1. The van der Waals surface area contributed by atoms with Crippen LogP contribution in [-0.2, 0) is 11.2 Å². The molecule has 0 bridgehead atoms. The molecule has 2 rings (SSSR count). The average molecular weight is 289 g/mol. The summed E-state index contributed by atoms with van der Waals surface area (Å²) in [5.41, 5.74) is 1.16. The largest absolute Gasteiger partial charge is 0.496 e. The van der Waals surface area contributed by atoms with E-state index >= 15 is 0 Å². The standard InChI is InChI=1S/C18H27NO2/c1-14(15-8-4-5-9-15)18(20)19(2)13-12-16-10-6-7-11-17(16)21-3/h6-7,10-11,14-15H,4-5,8-9,12-13H2,1-3H3.